The zero-order chi connectivity index (χ0) is 10.4. The van der Waals surface area contributed by atoms with Gasteiger partial charge in [-0.1, -0.05) is 33.6 Å². The molecule has 0 aromatic heterocycles. The van der Waals surface area contributed by atoms with Crippen molar-refractivity contribution >= 4 is 0 Å². The summed E-state index contributed by atoms with van der Waals surface area (Å²) in [5.41, 5.74) is 0. The van der Waals surface area contributed by atoms with E-state index in [4.69, 9.17) is 0 Å². The van der Waals surface area contributed by atoms with E-state index in [1.165, 1.54) is 45.1 Å². The van der Waals surface area contributed by atoms with E-state index in [-0.39, 0.29) is 0 Å². The van der Waals surface area contributed by atoms with Crippen LogP contribution in [-0.2, 0) is 0 Å². The zero-order valence-electron chi connectivity index (χ0n) is 10.2. The van der Waals surface area contributed by atoms with Gasteiger partial charge in [-0.05, 0) is 44.1 Å². The summed E-state index contributed by atoms with van der Waals surface area (Å²) in [6.45, 7) is 8.25. The summed E-state index contributed by atoms with van der Waals surface area (Å²) < 4.78 is 0. The second-order valence-corrected chi connectivity index (χ2v) is 5.36. The smallest absolute Gasteiger partial charge is 0.00926 e. The molecule has 0 aromatic carbocycles. The second kappa shape index (κ2) is 6.44. The molecule has 1 nitrogen and oxygen atoms in total. The Morgan fingerprint density at radius 1 is 1.21 bits per heavy atom. The third kappa shape index (κ3) is 4.45. The van der Waals surface area contributed by atoms with Gasteiger partial charge < -0.3 is 5.32 Å². The highest BCUT2D eigenvalue weighted by Crippen LogP contribution is 2.23. The van der Waals surface area contributed by atoms with Gasteiger partial charge in [0.2, 0.25) is 0 Å². The van der Waals surface area contributed by atoms with E-state index in [1.807, 2.05) is 0 Å². The van der Waals surface area contributed by atoms with Crippen LogP contribution in [-0.4, -0.2) is 12.6 Å². The van der Waals surface area contributed by atoms with Crippen molar-refractivity contribution in [2.24, 2.45) is 11.8 Å². The van der Waals surface area contributed by atoms with Crippen LogP contribution in [0.3, 0.4) is 0 Å². The highest BCUT2D eigenvalue weighted by molar-refractivity contribution is 4.77. The van der Waals surface area contributed by atoms with Gasteiger partial charge in [0.1, 0.15) is 0 Å². The van der Waals surface area contributed by atoms with E-state index in [9.17, 15) is 0 Å². The number of rotatable bonds is 5. The molecule has 2 atom stereocenters. The van der Waals surface area contributed by atoms with Gasteiger partial charge in [-0.15, -0.1) is 0 Å². The summed E-state index contributed by atoms with van der Waals surface area (Å²) in [6, 6.07) is 0.816. The lowest BCUT2D eigenvalue weighted by Gasteiger charge is -2.29. The minimum atomic E-state index is 0.816. The van der Waals surface area contributed by atoms with Crippen molar-refractivity contribution < 1.29 is 0 Å². The zero-order valence-corrected chi connectivity index (χ0v) is 10.2. The lowest BCUT2D eigenvalue weighted by atomic mass is 9.86. The molecule has 0 spiro atoms. The topological polar surface area (TPSA) is 12.0 Å². The molecule has 2 unspecified atom stereocenters. The third-order valence-corrected chi connectivity index (χ3v) is 3.48. The van der Waals surface area contributed by atoms with E-state index < -0.39 is 0 Å². The van der Waals surface area contributed by atoms with Crippen LogP contribution in [0.25, 0.3) is 0 Å². The first-order valence-corrected chi connectivity index (χ1v) is 6.43. The monoisotopic (exact) mass is 197 g/mol. The van der Waals surface area contributed by atoms with Gasteiger partial charge in [-0.3, -0.25) is 0 Å². The minimum Gasteiger partial charge on any atom is -0.314 e. The summed E-state index contributed by atoms with van der Waals surface area (Å²) in [4.78, 5) is 0. The minimum absolute atomic E-state index is 0.816. The van der Waals surface area contributed by atoms with Crippen molar-refractivity contribution in [2.45, 2.75) is 65.3 Å². The molecule has 1 saturated carbocycles. The number of hydrogen-bond donors (Lipinski definition) is 1. The Morgan fingerprint density at radius 3 is 2.57 bits per heavy atom. The van der Waals surface area contributed by atoms with E-state index in [1.54, 1.807) is 0 Å². The van der Waals surface area contributed by atoms with Crippen molar-refractivity contribution in [2.75, 3.05) is 6.54 Å². The summed E-state index contributed by atoms with van der Waals surface area (Å²) in [5, 5.41) is 3.73. The maximum absolute atomic E-state index is 3.73. The normalized spacial score (nSPS) is 28.3. The molecular weight excluding hydrogens is 170 g/mol. The summed E-state index contributed by atoms with van der Waals surface area (Å²) in [6.07, 6.45) is 8.44. The largest absolute Gasteiger partial charge is 0.314 e. The molecule has 14 heavy (non-hydrogen) atoms. The first-order chi connectivity index (χ1) is 6.70. The fourth-order valence-corrected chi connectivity index (χ4v) is 2.42. The molecule has 0 radical (unpaired) electrons. The number of hydrogen-bond acceptors (Lipinski definition) is 1. The SMILES string of the molecule is CC(C)CCCNC1CCCCC1C. The average molecular weight is 197 g/mol. The van der Waals surface area contributed by atoms with Gasteiger partial charge >= 0.3 is 0 Å². The van der Waals surface area contributed by atoms with Gasteiger partial charge in [-0.25, -0.2) is 0 Å². The van der Waals surface area contributed by atoms with Gasteiger partial charge in [0.05, 0.1) is 0 Å². The molecule has 1 rings (SSSR count). The van der Waals surface area contributed by atoms with E-state index in [0.717, 1.165) is 17.9 Å². The predicted molar refractivity (Wildman–Crippen MR) is 63.5 cm³/mol. The van der Waals surface area contributed by atoms with Gasteiger partial charge in [0.15, 0.2) is 0 Å². The molecular formula is C13H27N. The Morgan fingerprint density at radius 2 is 1.93 bits per heavy atom. The maximum Gasteiger partial charge on any atom is 0.00926 e. The van der Waals surface area contributed by atoms with Crippen molar-refractivity contribution in [3.63, 3.8) is 0 Å². The quantitative estimate of drug-likeness (QED) is 0.664. The Kier molecular flexibility index (Phi) is 5.54. The van der Waals surface area contributed by atoms with Crippen LogP contribution in [0.2, 0.25) is 0 Å². The van der Waals surface area contributed by atoms with Gasteiger partial charge in [0.25, 0.3) is 0 Å². The molecule has 84 valence electrons. The third-order valence-electron chi connectivity index (χ3n) is 3.48. The van der Waals surface area contributed by atoms with Crippen molar-refractivity contribution in [3.05, 3.63) is 0 Å². The van der Waals surface area contributed by atoms with Crippen molar-refractivity contribution in [3.8, 4) is 0 Å². The van der Waals surface area contributed by atoms with Crippen LogP contribution >= 0.6 is 0 Å². The molecule has 0 amide bonds. The van der Waals surface area contributed by atoms with Crippen molar-refractivity contribution in [1.29, 1.82) is 0 Å². The molecule has 1 N–H and O–H groups in total. The first kappa shape index (κ1) is 12.0. The van der Waals surface area contributed by atoms with Gasteiger partial charge in [0, 0.05) is 6.04 Å². The molecule has 1 heteroatoms. The van der Waals surface area contributed by atoms with E-state index >= 15 is 0 Å². The average Bonchev–Trinajstić information content (AvgIpc) is 2.15. The van der Waals surface area contributed by atoms with E-state index in [2.05, 4.69) is 26.1 Å². The Labute approximate surface area is 89.7 Å². The Balaban J connectivity index is 2.04. The molecule has 0 saturated heterocycles. The van der Waals surface area contributed by atoms with Crippen LogP contribution in [0.15, 0.2) is 0 Å². The summed E-state index contributed by atoms with van der Waals surface area (Å²) in [5.74, 6) is 1.77. The Hall–Kier alpha value is -0.0400. The highest BCUT2D eigenvalue weighted by atomic mass is 14.9. The standard InChI is InChI=1S/C13H27N/c1-11(2)7-6-10-14-13-9-5-4-8-12(13)3/h11-14H,4-10H2,1-3H3. The fraction of sp³-hybridized carbons (Fsp3) is 1.00. The highest BCUT2D eigenvalue weighted by Gasteiger charge is 2.19. The lowest BCUT2D eigenvalue weighted by Crippen LogP contribution is -2.37. The summed E-state index contributed by atoms with van der Waals surface area (Å²) >= 11 is 0. The molecule has 0 heterocycles. The molecule has 0 aliphatic heterocycles. The molecule has 0 aromatic rings. The lowest BCUT2D eigenvalue weighted by molar-refractivity contribution is 0.278. The Bertz CT molecular complexity index is 142. The molecule has 0 bridgehead atoms. The van der Waals surface area contributed by atoms with Crippen LogP contribution in [0.1, 0.15) is 59.3 Å². The predicted octanol–water partition coefficient (Wildman–Crippen LogP) is 3.59. The number of nitrogens with one attached hydrogen (secondary N) is 1. The first-order valence-electron chi connectivity index (χ1n) is 6.43. The second-order valence-electron chi connectivity index (χ2n) is 5.36. The van der Waals surface area contributed by atoms with Crippen LogP contribution in [0, 0.1) is 11.8 Å². The van der Waals surface area contributed by atoms with Crippen LogP contribution in [0.5, 0.6) is 0 Å². The van der Waals surface area contributed by atoms with Crippen LogP contribution in [0.4, 0.5) is 0 Å². The molecule has 1 aliphatic rings. The molecule has 1 aliphatic carbocycles. The molecule has 1 fully saturated rings. The maximum atomic E-state index is 3.73. The van der Waals surface area contributed by atoms with Gasteiger partial charge in [-0.2, -0.15) is 0 Å². The fourth-order valence-electron chi connectivity index (χ4n) is 2.42. The van der Waals surface area contributed by atoms with E-state index in [0.29, 0.717) is 0 Å². The van der Waals surface area contributed by atoms with Crippen LogP contribution < -0.4 is 5.32 Å². The summed E-state index contributed by atoms with van der Waals surface area (Å²) in [7, 11) is 0. The van der Waals surface area contributed by atoms with Crippen molar-refractivity contribution in [1.82, 2.24) is 5.32 Å².